The number of para-hydroxylation sites is 1. The van der Waals surface area contributed by atoms with E-state index in [-0.39, 0.29) is 0 Å². The number of rotatable bonds is 3. The second kappa shape index (κ2) is 4.70. The molecule has 1 aromatic carbocycles. The van der Waals surface area contributed by atoms with E-state index in [0.717, 1.165) is 16.5 Å². The van der Waals surface area contributed by atoms with E-state index in [4.69, 9.17) is 5.11 Å². The van der Waals surface area contributed by atoms with Crippen LogP contribution in [-0.4, -0.2) is 16.1 Å². The van der Waals surface area contributed by atoms with Gasteiger partial charge in [0.05, 0.1) is 0 Å². The van der Waals surface area contributed by atoms with E-state index in [1.165, 1.54) is 6.08 Å². The lowest BCUT2D eigenvalue weighted by molar-refractivity contribution is -0.131. The number of hydrogen-bond donors (Lipinski definition) is 2. The summed E-state index contributed by atoms with van der Waals surface area (Å²) in [5.41, 5.74) is 2.84. The van der Waals surface area contributed by atoms with Crippen molar-refractivity contribution in [2.24, 2.45) is 0 Å². The molecule has 0 aliphatic carbocycles. The molecular formula is C14H13NO2. The van der Waals surface area contributed by atoms with Crippen molar-refractivity contribution in [2.75, 3.05) is 0 Å². The third-order valence-electron chi connectivity index (χ3n) is 2.50. The van der Waals surface area contributed by atoms with Crippen LogP contribution in [0.4, 0.5) is 0 Å². The molecule has 0 aliphatic heterocycles. The number of benzene rings is 1. The zero-order chi connectivity index (χ0) is 12.3. The summed E-state index contributed by atoms with van der Waals surface area (Å²) < 4.78 is 0. The first-order valence-corrected chi connectivity index (χ1v) is 5.32. The standard InChI is InChI=1S/C14H13NO2/c1-10(8-14(16)17)6-7-11-9-15-13-5-3-2-4-12(11)13/h2-9,15H,1H3,(H,16,17). The number of H-pyrrole nitrogens is 1. The van der Waals surface area contributed by atoms with Gasteiger partial charge < -0.3 is 10.1 Å². The molecule has 0 aliphatic rings. The molecule has 17 heavy (non-hydrogen) atoms. The number of carboxylic acids is 1. The van der Waals surface area contributed by atoms with Gasteiger partial charge in [0.15, 0.2) is 0 Å². The van der Waals surface area contributed by atoms with Crippen LogP contribution in [0.3, 0.4) is 0 Å². The molecule has 0 radical (unpaired) electrons. The Bertz CT molecular complexity index is 605. The molecule has 3 nitrogen and oxygen atoms in total. The molecule has 0 fully saturated rings. The van der Waals surface area contributed by atoms with Crippen LogP contribution in [0, 0.1) is 0 Å². The summed E-state index contributed by atoms with van der Waals surface area (Å²) in [6.07, 6.45) is 6.80. The Labute approximate surface area is 99.1 Å². The van der Waals surface area contributed by atoms with Gasteiger partial charge in [0.2, 0.25) is 0 Å². The second-order valence-electron chi connectivity index (χ2n) is 3.85. The van der Waals surface area contributed by atoms with Gasteiger partial charge in [-0.3, -0.25) is 0 Å². The number of hydrogen-bond acceptors (Lipinski definition) is 1. The van der Waals surface area contributed by atoms with Crippen molar-refractivity contribution in [3.05, 3.63) is 53.8 Å². The van der Waals surface area contributed by atoms with Crippen LogP contribution in [0.5, 0.6) is 0 Å². The molecule has 1 heterocycles. The maximum Gasteiger partial charge on any atom is 0.328 e. The maximum absolute atomic E-state index is 10.5. The van der Waals surface area contributed by atoms with Gasteiger partial charge in [-0.25, -0.2) is 4.79 Å². The molecule has 0 spiro atoms. The fourth-order valence-electron chi connectivity index (χ4n) is 1.70. The fraction of sp³-hybridized carbons (Fsp3) is 0.0714. The van der Waals surface area contributed by atoms with E-state index < -0.39 is 5.97 Å². The lowest BCUT2D eigenvalue weighted by Gasteiger charge is -1.92. The van der Waals surface area contributed by atoms with Gasteiger partial charge in [-0.2, -0.15) is 0 Å². The zero-order valence-electron chi connectivity index (χ0n) is 9.47. The second-order valence-corrected chi connectivity index (χ2v) is 3.85. The summed E-state index contributed by atoms with van der Waals surface area (Å²) in [4.78, 5) is 13.6. The highest BCUT2D eigenvalue weighted by molar-refractivity contribution is 5.89. The van der Waals surface area contributed by atoms with Gasteiger partial charge in [0.1, 0.15) is 0 Å². The zero-order valence-corrected chi connectivity index (χ0v) is 9.47. The van der Waals surface area contributed by atoms with Crippen molar-refractivity contribution in [3.63, 3.8) is 0 Å². The Morgan fingerprint density at radius 2 is 2.12 bits per heavy atom. The molecular weight excluding hydrogens is 214 g/mol. The predicted molar refractivity (Wildman–Crippen MR) is 68.7 cm³/mol. The molecule has 2 N–H and O–H groups in total. The maximum atomic E-state index is 10.5. The van der Waals surface area contributed by atoms with E-state index >= 15 is 0 Å². The van der Waals surface area contributed by atoms with Crippen molar-refractivity contribution in [1.29, 1.82) is 0 Å². The molecule has 86 valence electrons. The Morgan fingerprint density at radius 1 is 1.35 bits per heavy atom. The molecule has 0 saturated carbocycles. The summed E-state index contributed by atoms with van der Waals surface area (Å²) >= 11 is 0. The minimum atomic E-state index is -0.925. The van der Waals surface area contributed by atoms with Gasteiger partial charge in [-0.15, -0.1) is 0 Å². The average Bonchev–Trinajstić information content (AvgIpc) is 2.69. The van der Waals surface area contributed by atoms with Crippen LogP contribution >= 0.6 is 0 Å². The van der Waals surface area contributed by atoms with E-state index in [1.54, 1.807) is 13.0 Å². The number of carbonyl (C=O) groups is 1. The van der Waals surface area contributed by atoms with Crippen molar-refractivity contribution in [2.45, 2.75) is 6.92 Å². The minimum absolute atomic E-state index is 0.711. The molecule has 0 unspecified atom stereocenters. The summed E-state index contributed by atoms with van der Waals surface area (Å²) in [7, 11) is 0. The summed E-state index contributed by atoms with van der Waals surface area (Å²) in [6, 6.07) is 7.99. The van der Waals surface area contributed by atoms with Gasteiger partial charge in [-0.05, 0) is 24.1 Å². The first kappa shape index (κ1) is 11.2. The Morgan fingerprint density at radius 3 is 2.88 bits per heavy atom. The first-order chi connectivity index (χ1) is 8.16. The molecule has 2 aromatic rings. The minimum Gasteiger partial charge on any atom is -0.478 e. The third-order valence-corrected chi connectivity index (χ3v) is 2.50. The van der Waals surface area contributed by atoms with Crippen LogP contribution in [0.15, 0.2) is 48.2 Å². The lowest BCUT2D eigenvalue weighted by atomic mass is 10.1. The van der Waals surface area contributed by atoms with Crippen LogP contribution in [-0.2, 0) is 4.79 Å². The Kier molecular flexibility index (Phi) is 3.10. The highest BCUT2D eigenvalue weighted by Crippen LogP contribution is 2.19. The smallest absolute Gasteiger partial charge is 0.328 e. The Balaban J connectivity index is 2.30. The number of carboxylic acid groups (broad SMARTS) is 1. The molecule has 2 rings (SSSR count). The fourth-order valence-corrected chi connectivity index (χ4v) is 1.70. The highest BCUT2D eigenvalue weighted by atomic mass is 16.4. The van der Waals surface area contributed by atoms with Crippen molar-refractivity contribution < 1.29 is 9.90 Å². The van der Waals surface area contributed by atoms with Gasteiger partial charge in [0, 0.05) is 23.2 Å². The third kappa shape index (κ3) is 2.64. The number of allylic oxidation sites excluding steroid dienone is 2. The molecule has 1 aromatic heterocycles. The first-order valence-electron chi connectivity index (χ1n) is 5.32. The normalized spacial score (nSPS) is 12.4. The molecule has 0 saturated heterocycles. The van der Waals surface area contributed by atoms with E-state index in [2.05, 4.69) is 4.98 Å². The number of aliphatic carboxylic acids is 1. The topological polar surface area (TPSA) is 53.1 Å². The van der Waals surface area contributed by atoms with E-state index in [1.807, 2.05) is 36.5 Å². The number of fused-ring (bicyclic) bond motifs is 1. The average molecular weight is 227 g/mol. The van der Waals surface area contributed by atoms with E-state index in [0.29, 0.717) is 5.57 Å². The van der Waals surface area contributed by atoms with Crippen molar-refractivity contribution in [1.82, 2.24) is 4.98 Å². The van der Waals surface area contributed by atoms with Gasteiger partial charge in [-0.1, -0.05) is 30.4 Å². The number of aromatic amines is 1. The molecule has 3 heteroatoms. The van der Waals surface area contributed by atoms with Crippen LogP contribution in [0.1, 0.15) is 12.5 Å². The van der Waals surface area contributed by atoms with Crippen LogP contribution in [0.2, 0.25) is 0 Å². The predicted octanol–water partition coefficient (Wildman–Crippen LogP) is 3.21. The van der Waals surface area contributed by atoms with Crippen LogP contribution in [0.25, 0.3) is 17.0 Å². The van der Waals surface area contributed by atoms with Crippen molar-refractivity contribution >= 4 is 22.9 Å². The lowest BCUT2D eigenvalue weighted by Crippen LogP contribution is -1.87. The van der Waals surface area contributed by atoms with Gasteiger partial charge in [0.25, 0.3) is 0 Å². The Hall–Kier alpha value is -2.29. The number of nitrogens with one attached hydrogen (secondary N) is 1. The molecule has 0 atom stereocenters. The molecule has 0 bridgehead atoms. The molecule has 0 amide bonds. The SMILES string of the molecule is CC(C=Cc1c[nH]c2ccccc12)=CC(=O)O. The van der Waals surface area contributed by atoms with E-state index in [9.17, 15) is 4.79 Å². The van der Waals surface area contributed by atoms with Crippen molar-refractivity contribution in [3.8, 4) is 0 Å². The quantitative estimate of drug-likeness (QED) is 0.625. The van der Waals surface area contributed by atoms with Crippen LogP contribution < -0.4 is 0 Å². The largest absolute Gasteiger partial charge is 0.478 e. The summed E-state index contributed by atoms with van der Waals surface area (Å²) in [6.45, 7) is 1.76. The van der Waals surface area contributed by atoms with Gasteiger partial charge >= 0.3 is 5.97 Å². The summed E-state index contributed by atoms with van der Waals surface area (Å²) in [5, 5.41) is 9.73. The summed E-state index contributed by atoms with van der Waals surface area (Å²) in [5.74, 6) is -0.925. The monoisotopic (exact) mass is 227 g/mol. The highest BCUT2D eigenvalue weighted by Gasteiger charge is 1.98. The number of aromatic nitrogens is 1.